The Bertz CT molecular complexity index is 597. The zero-order chi connectivity index (χ0) is 17.7. The molecule has 2 aliphatic heterocycles. The molecule has 138 valence electrons. The number of ether oxygens (including phenoxy) is 2. The largest absolute Gasteiger partial charge is 0.478 e. The van der Waals surface area contributed by atoms with Crippen molar-refractivity contribution in [2.24, 2.45) is 5.41 Å². The smallest absolute Gasteiger partial charge is 0.257 e. The van der Waals surface area contributed by atoms with Crippen LogP contribution in [0.3, 0.4) is 0 Å². The van der Waals surface area contributed by atoms with Crippen molar-refractivity contribution >= 4 is 11.7 Å². The van der Waals surface area contributed by atoms with Crippen molar-refractivity contribution < 1.29 is 14.3 Å². The molecule has 3 heterocycles. The molecule has 0 radical (unpaired) electrons. The number of hydrogen-bond donors (Lipinski definition) is 0. The molecule has 1 spiro atoms. The molecule has 2 saturated heterocycles. The summed E-state index contributed by atoms with van der Waals surface area (Å²) in [7, 11) is 3.33. The lowest BCUT2D eigenvalue weighted by molar-refractivity contribution is -0.138. The number of amides is 1. The lowest BCUT2D eigenvalue weighted by Gasteiger charge is -2.48. The van der Waals surface area contributed by atoms with E-state index in [0.29, 0.717) is 18.9 Å². The summed E-state index contributed by atoms with van der Waals surface area (Å²) in [5.74, 6) is 1.66. The summed E-state index contributed by atoms with van der Waals surface area (Å²) in [5.41, 5.74) is 0.141. The number of nitrogens with zero attached hydrogens (tertiary/aromatic N) is 4. The van der Waals surface area contributed by atoms with Crippen molar-refractivity contribution in [3.05, 3.63) is 12.4 Å². The lowest BCUT2D eigenvalue weighted by atomic mass is 9.73. The molecule has 1 unspecified atom stereocenters. The van der Waals surface area contributed by atoms with Gasteiger partial charge in [-0.15, -0.1) is 0 Å². The molecule has 2 aliphatic rings. The van der Waals surface area contributed by atoms with Gasteiger partial charge in [0.1, 0.15) is 0 Å². The van der Waals surface area contributed by atoms with Crippen LogP contribution >= 0.6 is 0 Å². The van der Waals surface area contributed by atoms with E-state index in [1.54, 1.807) is 26.6 Å². The number of aromatic nitrogens is 2. The van der Waals surface area contributed by atoms with Gasteiger partial charge in [-0.2, -0.15) is 0 Å². The number of piperidine rings is 2. The number of anilines is 1. The summed E-state index contributed by atoms with van der Waals surface area (Å²) < 4.78 is 10.5. The summed E-state index contributed by atoms with van der Waals surface area (Å²) in [5, 5.41) is 0. The molecule has 0 saturated carbocycles. The highest BCUT2D eigenvalue weighted by Gasteiger charge is 2.42. The monoisotopic (exact) mass is 348 g/mol. The number of hydrogen-bond acceptors (Lipinski definition) is 6. The Balaban J connectivity index is 1.72. The molecule has 1 aromatic heterocycles. The van der Waals surface area contributed by atoms with E-state index in [1.807, 2.05) is 4.90 Å². The fraction of sp³-hybridized carbons (Fsp3) is 0.722. The van der Waals surface area contributed by atoms with Crippen molar-refractivity contribution in [3.63, 3.8) is 0 Å². The van der Waals surface area contributed by atoms with Crippen LogP contribution in [0.2, 0.25) is 0 Å². The minimum Gasteiger partial charge on any atom is -0.478 e. The number of carbonyl (C=O) groups excluding carboxylic acids is 1. The van der Waals surface area contributed by atoms with Gasteiger partial charge in [-0.25, -0.2) is 9.97 Å². The van der Waals surface area contributed by atoms with Crippen molar-refractivity contribution in [1.29, 1.82) is 0 Å². The molecule has 7 nitrogen and oxygen atoms in total. The maximum atomic E-state index is 12.3. The van der Waals surface area contributed by atoms with Crippen LogP contribution in [0.25, 0.3) is 0 Å². The van der Waals surface area contributed by atoms with E-state index in [0.717, 1.165) is 57.7 Å². The van der Waals surface area contributed by atoms with Crippen molar-refractivity contribution in [2.45, 2.75) is 32.1 Å². The SMILES string of the molecule is COCCCN1CC2(CCCN(c3nccnc3OC)C2)CCC1=O. The molecule has 3 rings (SSSR count). The van der Waals surface area contributed by atoms with E-state index in [9.17, 15) is 4.79 Å². The first-order valence-electron chi connectivity index (χ1n) is 9.04. The minimum absolute atomic E-state index is 0.141. The average molecular weight is 348 g/mol. The van der Waals surface area contributed by atoms with Gasteiger partial charge in [-0.05, 0) is 25.7 Å². The number of rotatable bonds is 6. The molecule has 1 amide bonds. The van der Waals surface area contributed by atoms with Gasteiger partial charge in [0.2, 0.25) is 5.91 Å². The third-order valence-corrected chi connectivity index (χ3v) is 5.33. The number of carbonyl (C=O) groups is 1. The molecule has 1 atom stereocenters. The van der Waals surface area contributed by atoms with Gasteiger partial charge < -0.3 is 19.3 Å². The van der Waals surface area contributed by atoms with Crippen LogP contribution in [0, 0.1) is 5.41 Å². The Morgan fingerprint density at radius 2 is 2.04 bits per heavy atom. The third-order valence-electron chi connectivity index (χ3n) is 5.33. The molecule has 1 aromatic rings. The van der Waals surface area contributed by atoms with Crippen molar-refractivity contribution in [2.75, 3.05) is 51.9 Å². The maximum absolute atomic E-state index is 12.3. The molecule has 0 N–H and O–H groups in total. The van der Waals surface area contributed by atoms with E-state index in [-0.39, 0.29) is 11.3 Å². The van der Waals surface area contributed by atoms with E-state index in [2.05, 4.69) is 14.9 Å². The van der Waals surface area contributed by atoms with Crippen LogP contribution in [0.4, 0.5) is 5.82 Å². The van der Waals surface area contributed by atoms with Crippen LogP contribution in [0.5, 0.6) is 5.88 Å². The molecular weight excluding hydrogens is 320 g/mol. The Morgan fingerprint density at radius 3 is 2.84 bits per heavy atom. The van der Waals surface area contributed by atoms with E-state index < -0.39 is 0 Å². The van der Waals surface area contributed by atoms with Gasteiger partial charge in [-0.1, -0.05) is 0 Å². The van der Waals surface area contributed by atoms with Gasteiger partial charge in [0, 0.05) is 64.1 Å². The number of likely N-dealkylation sites (tertiary alicyclic amines) is 1. The second kappa shape index (κ2) is 7.99. The Morgan fingerprint density at radius 1 is 1.20 bits per heavy atom. The quantitative estimate of drug-likeness (QED) is 0.730. The minimum atomic E-state index is 0.141. The first-order valence-corrected chi connectivity index (χ1v) is 9.04. The first-order chi connectivity index (χ1) is 12.2. The van der Waals surface area contributed by atoms with Crippen LogP contribution in [-0.4, -0.2) is 67.8 Å². The van der Waals surface area contributed by atoms with Crippen molar-refractivity contribution in [3.8, 4) is 5.88 Å². The van der Waals surface area contributed by atoms with Gasteiger partial charge in [0.05, 0.1) is 7.11 Å². The topological polar surface area (TPSA) is 67.8 Å². The van der Waals surface area contributed by atoms with E-state index in [4.69, 9.17) is 9.47 Å². The fourth-order valence-electron chi connectivity index (χ4n) is 4.11. The highest BCUT2D eigenvalue weighted by Crippen LogP contribution is 2.41. The van der Waals surface area contributed by atoms with Gasteiger partial charge >= 0.3 is 0 Å². The van der Waals surface area contributed by atoms with Crippen LogP contribution in [0.1, 0.15) is 32.1 Å². The second-order valence-electron chi connectivity index (χ2n) is 7.08. The van der Waals surface area contributed by atoms with Gasteiger partial charge in [0.15, 0.2) is 5.82 Å². The number of methoxy groups -OCH3 is 2. The van der Waals surface area contributed by atoms with Crippen molar-refractivity contribution in [1.82, 2.24) is 14.9 Å². The van der Waals surface area contributed by atoms with Crippen LogP contribution < -0.4 is 9.64 Å². The summed E-state index contributed by atoms with van der Waals surface area (Å²) in [4.78, 5) is 25.4. The normalized spacial score (nSPS) is 24.0. The molecule has 7 heteroatoms. The Hall–Kier alpha value is -1.89. The molecular formula is C18H28N4O3. The third kappa shape index (κ3) is 4.03. The molecule has 2 fully saturated rings. The Labute approximate surface area is 149 Å². The standard InChI is InChI=1S/C18H28N4O3/c1-24-12-4-11-21-13-18(7-5-15(21)23)6-3-10-22(14-18)16-17(25-2)20-9-8-19-16/h8-9H,3-7,10-14H2,1-2H3. The highest BCUT2D eigenvalue weighted by molar-refractivity contribution is 5.77. The Kier molecular flexibility index (Phi) is 5.73. The second-order valence-corrected chi connectivity index (χ2v) is 7.08. The fourth-order valence-corrected chi connectivity index (χ4v) is 4.11. The highest BCUT2D eigenvalue weighted by atomic mass is 16.5. The zero-order valence-electron chi connectivity index (χ0n) is 15.2. The molecule has 0 aromatic carbocycles. The van der Waals surface area contributed by atoms with Gasteiger partial charge in [-0.3, -0.25) is 4.79 Å². The maximum Gasteiger partial charge on any atom is 0.257 e. The van der Waals surface area contributed by atoms with E-state index >= 15 is 0 Å². The molecule has 25 heavy (non-hydrogen) atoms. The van der Waals surface area contributed by atoms with Crippen LogP contribution in [0.15, 0.2) is 12.4 Å². The summed E-state index contributed by atoms with van der Waals surface area (Å²) in [6, 6.07) is 0. The first kappa shape index (κ1) is 17.9. The average Bonchev–Trinajstić information content (AvgIpc) is 2.65. The predicted octanol–water partition coefficient (Wildman–Crippen LogP) is 1.73. The summed E-state index contributed by atoms with van der Waals surface area (Å²) in [6.45, 7) is 4.15. The lowest BCUT2D eigenvalue weighted by Crippen LogP contribution is -2.54. The molecule has 0 bridgehead atoms. The van der Waals surface area contributed by atoms with E-state index in [1.165, 1.54) is 0 Å². The summed E-state index contributed by atoms with van der Waals surface area (Å²) >= 11 is 0. The van der Waals surface area contributed by atoms with Crippen LogP contribution in [-0.2, 0) is 9.53 Å². The summed E-state index contributed by atoms with van der Waals surface area (Å²) in [6.07, 6.45) is 8.09. The zero-order valence-corrected chi connectivity index (χ0v) is 15.2. The predicted molar refractivity (Wildman–Crippen MR) is 94.8 cm³/mol. The molecule has 0 aliphatic carbocycles. The van der Waals surface area contributed by atoms with Gasteiger partial charge in [0.25, 0.3) is 5.88 Å².